The first-order chi connectivity index (χ1) is 17.0. The minimum absolute atomic E-state index is 0.217. The van der Waals surface area contributed by atoms with Gasteiger partial charge in [0.15, 0.2) is 0 Å². The fraction of sp³-hybridized carbons (Fsp3) is 0.138. The summed E-state index contributed by atoms with van der Waals surface area (Å²) < 4.78 is 11.2. The Balaban J connectivity index is 1.45. The van der Waals surface area contributed by atoms with Gasteiger partial charge in [0.2, 0.25) is 5.88 Å². The van der Waals surface area contributed by atoms with Gasteiger partial charge >= 0.3 is 6.16 Å². The second kappa shape index (κ2) is 9.72. The van der Waals surface area contributed by atoms with E-state index in [0.29, 0.717) is 24.5 Å². The molecule has 0 radical (unpaired) electrons. The average Bonchev–Trinajstić information content (AvgIpc) is 3.18. The summed E-state index contributed by atoms with van der Waals surface area (Å²) in [6.45, 7) is 2.50. The number of benzene rings is 4. The normalized spacial score (nSPS) is 11.1. The van der Waals surface area contributed by atoms with E-state index in [0.717, 1.165) is 49.7 Å². The SMILES string of the molecule is Cc1ccccc1-c1cc(Cl)cc2c(CCCOc3cccc4ccccc34)c(OC(=O)O)[nH]c12. The van der Waals surface area contributed by atoms with Gasteiger partial charge in [-0.1, -0.05) is 72.3 Å². The number of fused-ring (bicyclic) bond motifs is 2. The number of hydrogen-bond acceptors (Lipinski definition) is 3. The van der Waals surface area contributed by atoms with Gasteiger partial charge in [0.05, 0.1) is 12.1 Å². The highest BCUT2D eigenvalue weighted by Gasteiger charge is 2.19. The van der Waals surface area contributed by atoms with Crippen molar-refractivity contribution in [3.63, 3.8) is 0 Å². The van der Waals surface area contributed by atoms with Crippen LogP contribution >= 0.6 is 11.6 Å². The van der Waals surface area contributed by atoms with E-state index < -0.39 is 6.16 Å². The molecule has 0 amide bonds. The summed E-state index contributed by atoms with van der Waals surface area (Å²) in [7, 11) is 0. The summed E-state index contributed by atoms with van der Waals surface area (Å²) in [4.78, 5) is 14.6. The monoisotopic (exact) mass is 485 g/mol. The standard InChI is InChI=1S/C29H24ClNO4/c1-18-8-2-4-11-21(18)24-16-20(30)17-25-23(28(31-27(24)25)35-29(32)33)13-7-15-34-26-14-6-10-19-9-3-5-12-22(19)26/h2-6,8-12,14,16-17,31H,7,13,15H2,1H3,(H,32,33). The number of aryl methyl sites for hydroxylation is 2. The van der Waals surface area contributed by atoms with Crippen LogP contribution in [0.4, 0.5) is 4.79 Å². The molecule has 2 N–H and O–H groups in total. The second-order valence-corrected chi connectivity index (χ2v) is 8.86. The molecule has 0 bridgehead atoms. The Morgan fingerprint density at radius 1 is 0.943 bits per heavy atom. The van der Waals surface area contributed by atoms with Crippen LogP contribution < -0.4 is 9.47 Å². The third-order valence-corrected chi connectivity index (χ3v) is 6.36. The van der Waals surface area contributed by atoms with Crippen molar-refractivity contribution < 1.29 is 19.4 Å². The molecule has 0 spiro atoms. The van der Waals surface area contributed by atoms with E-state index in [9.17, 15) is 9.90 Å². The molecule has 176 valence electrons. The zero-order chi connectivity index (χ0) is 24.4. The highest BCUT2D eigenvalue weighted by atomic mass is 35.5. The first-order valence-electron chi connectivity index (χ1n) is 11.4. The lowest BCUT2D eigenvalue weighted by molar-refractivity contribution is 0.142. The van der Waals surface area contributed by atoms with Crippen molar-refractivity contribution in [1.29, 1.82) is 0 Å². The van der Waals surface area contributed by atoms with Crippen LogP contribution in [0.3, 0.4) is 0 Å². The summed E-state index contributed by atoms with van der Waals surface area (Å²) >= 11 is 6.51. The van der Waals surface area contributed by atoms with Gasteiger partial charge in [0.1, 0.15) is 5.75 Å². The van der Waals surface area contributed by atoms with Crippen LogP contribution in [-0.2, 0) is 6.42 Å². The highest BCUT2D eigenvalue weighted by molar-refractivity contribution is 6.32. The van der Waals surface area contributed by atoms with E-state index in [2.05, 4.69) is 17.1 Å². The summed E-state index contributed by atoms with van der Waals surface area (Å²) in [5.74, 6) is 1.05. The van der Waals surface area contributed by atoms with E-state index in [4.69, 9.17) is 21.1 Å². The molecule has 0 unspecified atom stereocenters. The Labute approximate surface area is 207 Å². The number of ether oxygens (including phenoxy) is 2. The van der Waals surface area contributed by atoms with E-state index in [1.165, 1.54) is 0 Å². The molecule has 0 saturated carbocycles. The van der Waals surface area contributed by atoms with Gasteiger partial charge in [-0.15, -0.1) is 0 Å². The fourth-order valence-electron chi connectivity index (χ4n) is 4.55. The smallest absolute Gasteiger partial charge is 0.493 e. The van der Waals surface area contributed by atoms with E-state index in [-0.39, 0.29) is 5.88 Å². The summed E-state index contributed by atoms with van der Waals surface area (Å²) in [6, 6.07) is 25.8. The minimum atomic E-state index is -1.37. The topological polar surface area (TPSA) is 71.6 Å². The van der Waals surface area contributed by atoms with E-state index >= 15 is 0 Å². The highest BCUT2D eigenvalue weighted by Crippen LogP contribution is 2.39. The minimum Gasteiger partial charge on any atom is -0.493 e. The second-order valence-electron chi connectivity index (χ2n) is 8.42. The maximum absolute atomic E-state index is 11.4. The van der Waals surface area contributed by atoms with Crippen molar-refractivity contribution in [1.82, 2.24) is 4.98 Å². The van der Waals surface area contributed by atoms with Crippen molar-refractivity contribution >= 4 is 39.4 Å². The van der Waals surface area contributed by atoms with Crippen LogP contribution in [0, 0.1) is 6.92 Å². The van der Waals surface area contributed by atoms with Crippen LogP contribution in [0.25, 0.3) is 32.8 Å². The molecule has 0 saturated heterocycles. The lowest BCUT2D eigenvalue weighted by Gasteiger charge is -2.10. The molecule has 0 fully saturated rings. The molecule has 0 aliphatic carbocycles. The molecule has 1 heterocycles. The molecule has 5 nitrogen and oxygen atoms in total. The summed E-state index contributed by atoms with van der Waals surface area (Å²) in [6.07, 6.45) is -0.146. The zero-order valence-electron chi connectivity index (χ0n) is 19.2. The molecule has 0 atom stereocenters. The Kier molecular flexibility index (Phi) is 6.34. The van der Waals surface area contributed by atoms with Gasteiger partial charge in [-0.2, -0.15) is 0 Å². The number of hydrogen-bond donors (Lipinski definition) is 2. The van der Waals surface area contributed by atoms with E-state index in [1.54, 1.807) is 0 Å². The Hall–Kier alpha value is -3.96. The summed E-state index contributed by atoms with van der Waals surface area (Å²) in [5.41, 5.74) is 4.58. The molecule has 4 aromatic carbocycles. The molecular formula is C29H24ClNO4. The first kappa shape index (κ1) is 22.8. The lowest BCUT2D eigenvalue weighted by Crippen LogP contribution is -2.06. The largest absolute Gasteiger partial charge is 0.512 e. The van der Waals surface area contributed by atoms with Crippen molar-refractivity contribution in [2.75, 3.05) is 6.61 Å². The Morgan fingerprint density at radius 3 is 2.54 bits per heavy atom. The zero-order valence-corrected chi connectivity index (χ0v) is 19.9. The van der Waals surface area contributed by atoms with Crippen LogP contribution in [0.5, 0.6) is 11.6 Å². The van der Waals surface area contributed by atoms with Gasteiger partial charge in [0, 0.05) is 26.9 Å². The molecule has 1 aromatic heterocycles. The van der Waals surface area contributed by atoms with Crippen molar-refractivity contribution in [3.8, 4) is 22.8 Å². The number of rotatable bonds is 7. The van der Waals surface area contributed by atoms with Gasteiger partial charge < -0.3 is 19.6 Å². The predicted octanol–water partition coefficient (Wildman–Crippen LogP) is 8.02. The third kappa shape index (κ3) is 4.68. The third-order valence-electron chi connectivity index (χ3n) is 6.14. The molecule has 0 aliphatic rings. The molecule has 5 aromatic rings. The van der Waals surface area contributed by atoms with Gasteiger partial charge in [-0.3, -0.25) is 0 Å². The number of carboxylic acid groups (broad SMARTS) is 1. The number of aromatic amines is 1. The number of H-pyrrole nitrogens is 1. The first-order valence-corrected chi connectivity index (χ1v) is 11.8. The quantitative estimate of drug-likeness (QED) is 0.181. The fourth-order valence-corrected chi connectivity index (χ4v) is 4.77. The molecular weight excluding hydrogens is 462 g/mol. The predicted molar refractivity (Wildman–Crippen MR) is 140 cm³/mol. The number of carbonyl (C=O) groups is 1. The molecule has 0 aliphatic heterocycles. The van der Waals surface area contributed by atoms with Crippen molar-refractivity contribution in [2.24, 2.45) is 0 Å². The Morgan fingerprint density at radius 2 is 1.71 bits per heavy atom. The number of aromatic nitrogens is 1. The van der Waals surface area contributed by atoms with Gasteiger partial charge in [-0.05, 0) is 54.5 Å². The van der Waals surface area contributed by atoms with Crippen LogP contribution in [0.2, 0.25) is 5.02 Å². The van der Waals surface area contributed by atoms with Crippen molar-refractivity contribution in [2.45, 2.75) is 19.8 Å². The maximum Gasteiger partial charge on any atom is 0.512 e. The Bertz CT molecular complexity index is 1530. The van der Waals surface area contributed by atoms with E-state index in [1.807, 2.05) is 73.7 Å². The van der Waals surface area contributed by atoms with Gasteiger partial charge in [-0.25, -0.2) is 4.79 Å². The van der Waals surface area contributed by atoms with Gasteiger partial charge in [0.25, 0.3) is 0 Å². The number of halogens is 1. The maximum atomic E-state index is 11.4. The van der Waals surface area contributed by atoms with Crippen LogP contribution in [-0.4, -0.2) is 22.9 Å². The molecule has 6 heteroatoms. The molecule has 35 heavy (non-hydrogen) atoms. The van der Waals surface area contributed by atoms with Crippen LogP contribution in [0.15, 0.2) is 78.9 Å². The molecule has 5 rings (SSSR count). The number of nitrogens with one attached hydrogen (secondary N) is 1. The van der Waals surface area contributed by atoms with Crippen molar-refractivity contribution in [3.05, 3.63) is 95.0 Å². The lowest BCUT2D eigenvalue weighted by atomic mass is 9.97. The van der Waals surface area contributed by atoms with Crippen LogP contribution in [0.1, 0.15) is 17.5 Å². The summed E-state index contributed by atoms with van der Waals surface area (Å²) in [5, 5.41) is 12.9. The average molecular weight is 486 g/mol.